The molecule has 2 aliphatic rings. The molecule has 0 saturated heterocycles. The molecule has 71 valence electrons. The van der Waals surface area contributed by atoms with Gasteiger partial charge in [-0.1, -0.05) is 0 Å². The van der Waals surface area contributed by atoms with E-state index in [1.54, 1.807) is 33.6 Å². The average Bonchev–Trinajstić information content (AvgIpc) is 2.55. The summed E-state index contributed by atoms with van der Waals surface area (Å²) < 4.78 is 1.71. The van der Waals surface area contributed by atoms with Gasteiger partial charge < -0.3 is 34.0 Å². The van der Waals surface area contributed by atoms with Gasteiger partial charge >= 0.3 is 83.7 Å². The van der Waals surface area contributed by atoms with Gasteiger partial charge in [-0.25, -0.2) is 0 Å². The molecule has 0 atom stereocenters. The zero-order chi connectivity index (χ0) is 7.68. The molecule has 0 amide bonds. The van der Waals surface area contributed by atoms with Crippen LogP contribution in [0.5, 0.6) is 0 Å². The quantitative estimate of drug-likeness (QED) is 0.451. The van der Waals surface area contributed by atoms with Crippen molar-refractivity contribution in [2.75, 3.05) is 0 Å². The number of halogens is 2. The molecule has 0 aromatic carbocycles. The first-order chi connectivity index (χ1) is 5.38. The molecule has 0 aromatic heterocycles. The van der Waals surface area contributed by atoms with E-state index in [2.05, 4.69) is 12.2 Å². The van der Waals surface area contributed by atoms with Gasteiger partial charge in [0.2, 0.25) is 0 Å². The van der Waals surface area contributed by atoms with E-state index in [1.165, 1.54) is 32.1 Å². The van der Waals surface area contributed by atoms with Crippen LogP contribution in [-0.2, 0) is 24.7 Å². The minimum absolute atomic E-state index is 0. The van der Waals surface area contributed by atoms with E-state index in [-0.39, 0.29) is 34.0 Å². The molecule has 2 rings (SSSR count). The van der Waals surface area contributed by atoms with Crippen LogP contribution in [0.2, 0.25) is 0 Å². The van der Waals surface area contributed by atoms with Crippen LogP contribution in [0.3, 0.4) is 0 Å². The fraction of sp³-hybridized carbons (Fsp3) is 0.600. The molecular weight excluding hydrogens is 371 g/mol. The van der Waals surface area contributed by atoms with Crippen molar-refractivity contribution in [1.29, 1.82) is 0 Å². The summed E-state index contributed by atoms with van der Waals surface area (Å²) in [5.74, 6) is 0.947. The van der Waals surface area contributed by atoms with Gasteiger partial charge in [0.1, 0.15) is 0 Å². The summed E-state index contributed by atoms with van der Waals surface area (Å²) in [5, 5.41) is 0. The number of allylic oxidation sites excluding steroid dienone is 4. The van der Waals surface area contributed by atoms with Crippen molar-refractivity contribution in [2.45, 2.75) is 32.1 Å². The first kappa shape index (κ1) is 14.3. The number of hydrogen-bond acceptors (Lipinski definition) is 0. The SMILES string of the molecule is [Br-].[Br-].[Zr+2][C]1=C(C2CCCC2)C=CC1. The summed E-state index contributed by atoms with van der Waals surface area (Å²) in [6.45, 7) is 0. The molecule has 1 saturated carbocycles. The Balaban J connectivity index is 0.000000720. The van der Waals surface area contributed by atoms with Crippen LogP contribution in [0.1, 0.15) is 32.1 Å². The van der Waals surface area contributed by atoms with Crippen LogP contribution < -0.4 is 34.0 Å². The molecular formula is C10H13Br2Zr. The number of hydrogen-bond donors (Lipinski definition) is 0. The van der Waals surface area contributed by atoms with Gasteiger partial charge in [-0.05, 0) is 0 Å². The summed E-state index contributed by atoms with van der Waals surface area (Å²) in [6, 6.07) is 0. The van der Waals surface area contributed by atoms with Crippen LogP contribution in [-0.4, -0.2) is 0 Å². The van der Waals surface area contributed by atoms with Gasteiger partial charge in [-0.2, -0.15) is 0 Å². The van der Waals surface area contributed by atoms with Gasteiger partial charge in [0, 0.05) is 0 Å². The second kappa shape index (κ2) is 6.74. The van der Waals surface area contributed by atoms with Crippen molar-refractivity contribution in [1.82, 2.24) is 0 Å². The molecule has 0 spiro atoms. The molecule has 0 radical (unpaired) electrons. The average molecular weight is 384 g/mol. The second-order valence-electron chi connectivity index (χ2n) is 3.52. The van der Waals surface area contributed by atoms with Crippen LogP contribution in [0.4, 0.5) is 0 Å². The van der Waals surface area contributed by atoms with Crippen LogP contribution in [0, 0.1) is 5.92 Å². The topological polar surface area (TPSA) is 0 Å². The summed E-state index contributed by atoms with van der Waals surface area (Å²) in [7, 11) is 0. The molecule has 0 heterocycles. The first-order valence-electron chi connectivity index (χ1n) is 4.49. The second-order valence-corrected chi connectivity index (χ2v) is 5.01. The van der Waals surface area contributed by atoms with Crippen LogP contribution in [0.25, 0.3) is 0 Å². The summed E-state index contributed by atoms with van der Waals surface area (Å²) >= 11 is 1.64. The van der Waals surface area contributed by atoms with Crippen molar-refractivity contribution in [2.24, 2.45) is 5.92 Å². The van der Waals surface area contributed by atoms with Gasteiger partial charge in [0.05, 0.1) is 0 Å². The predicted octanol–water partition coefficient (Wildman–Crippen LogP) is -3.05. The van der Waals surface area contributed by atoms with E-state index in [0.717, 1.165) is 5.92 Å². The molecule has 0 N–H and O–H groups in total. The Labute approximate surface area is 117 Å². The summed E-state index contributed by atoms with van der Waals surface area (Å²) in [6.07, 6.45) is 11.8. The molecule has 0 aliphatic heterocycles. The molecule has 3 heteroatoms. The third-order valence-corrected chi connectivity index (χ3v) is 3.97. The molecule has 0 nitrogen and oxygen atoms in total. The third kappa shape index (κ3) is 3.43. The molecule has 2 aliphatic carbocycles. The standard InChI is InChI=1S/C10H13.2BrH.Zr/c1-2-6-9(5-1)10-7-3-4-8-10;;;/h1,5,10H,2-4,7-8H2;2*1H;/q;;;+2/p-2. The first-order valence-corrected chi connectivity index (χ1v) is 5.72. The predicted molar refractivity (Wildman–Crippen MR) is 42.7 cm³/mol. The van der Waals surface area contributed by atoms with Gasteiger partial charge in [-0.3, -0.25) is 0 Å². The molecule has 0 unspecified atom stereocenters. The fourth-order valence-electron chi connectivity index (χ4n) is 2.14. The van der Waals surface area contributed by atoms with E-state index in [1.807, 2.05) is 0 Å². The Kier molecular flexibility index (Phi) is 7.43. The van der Waals surface area contributed by atoms with E-state index in [4.69, 9.17) is 0 Å². The van der Waals surface area contributed by atoms with Crippen LogP contribution in [0.15, 0.2) is 21.0 Å². The summed E-state index contributed by atoms with van der Waals surface area (Å²) in [5.41, 5.74) is 1.71. The fourth-order valence-corrected chi connectivity index (χ4v) is 3.14. The van der Waals surface area contributed by atoms with Crippen molar-refractivity contribution < 1.29 is 58.7 Å². The zero-order valence-corrected chi connectivity index (χ0v) is 13.2. The number of rotatable bonds is 1. The van der Waals surface area contributed by atoms with E-state index >= 15 is 0 Å². The molecule has 0 aromatic rings. The van der Waals surface area contributed by atoms with E-state index in [0.29, 0.717) is 0 Å². The Morgan fingerprint density at radius 1 is 1.15 bits per heavy atom. The monoisotopic (exact) mass is 381 g/mol. The van der Waals surface area contributed by atoms with Gasteiger partial charge in [0.25, 0.3) is 0 Å². The Hall–Kier alpha value is 1.32. The van der Waals surface area contributed by atoms with Gasteiger partial charge in [-0.15, -0.1) is 0 Å². The van der Waals surface area contributed by atoms with Crippen LogP contribution >= 0.6 is 0 Å². The molecule has 1 fully saturated rings. The maximum absolute atomic E-state index is 2.38. The Morgan fingerprint density at radius 3 is 2.23 bits per heavy atom. The van der Waals surface area contributed by atoms with Gasteiger partial charge in [0.15, 0.2) is 0 Å². The zero-order valence-electron chi connectivity index (χ0n) is 7.52. The Morgan fingerprint density at radius 2 is 1.77 bits per heavy atom. The maximum atomic E-state index is 2.38. The minimum atomic E-state index is 0. The normalized spacial score (nSPS) is 21.7. The summed E-state index contributed by atoms with van der Waals surface area (Å²) in [4.78, 5) is 0. The van der Waals surface area contributed by atoms with E-state index in [9.17, 15) is 0 Å². The molecule has 0 bridgehead atoms. The third-order valence-electron chi connectivity index (χ3n) is 2.76. The van der Waals surface area contributed by atoms with E-state index < -0.39 is 0 Å². The Bertz CT molecular complexity index is 215. The van der Waals surface area contributed by atoms with Crippen molar-refractivity contribution in [3.8, 4) is 0 Å². The van der Waals surface area contributed by atoms with Crippen molar-refractivity contribution >= 4 is 0 Å². The van der Waals surface area contributed by atoms with Crippen molar-refractivity contribution in [3.63, 3.8) is 0 Å². The van der Waals surface area contributed by atoms with Crippen molar-refractivity contribution in [3.05, 3.63) is 21.0 Å². The molecule has 13 heavy (non-hydrogen) atoms.